The largest absolute Gasteiger partial charge is 0.0689 e. The first-order valence-corrected chi connectivity index (χ1v) is 6.18. The Morgan fingerprint density at radius 2 is 1.76 bits per heavy atom. The van der Waals surface area contributed by atoms with Gasteiger partial charge in [-0.25, -0.2) is 0 Å². The number of allylic oxidation sites excluding steroid dienone is 12. The van der Waals surface area contributed by atoms with E-state index in [0.29, 0.717) is 0 Å². The standard InChI is InChI=1S/C17H17/c1-11-4-6-16-13(3)17-7-5-12(2)9-15(17)10-14(16)8-11/h4-8,10H,9H2,1-3H3. The predicted molar refractivity (Wildman–Crippen MR) is 73.4 cm³/mol. The Morgan fingerprint density at radius 1 is 0.941 bits per heavy atom. The Bertz CT molecular complexity index is 557. The Morgan fingerprint density at radius 3 is 2.59 bits per heavy atom. The molecule has 0 heteroatoms. The molecule has 0 aromatic carbocycles. The molecule has 0 bridgehead atoms. The van der Waals surface area contributed by atoms with Gasteiger partial charge in [-0.05, 0) is 49.5 Å². The summed E-state index contributed by atoms with van der Waals surface area (Å²) in [5.74, 6) is 1.38. The van der Waals surface area contributed by atoms with E-state index in [1.165, 1.54) is 39.4 Å². The van der Waals surface area contributed by atoms with Crippen LogP contribution < -0.4 is 0 Å². The first kappa shape index (κ1) is 10.6. The van der Waals surface area contributed by atoms with Crippen LogP contribution in [0.3, 0.4) is 0 Å². The van der Waals surface area contributed by atoms with E-state index < -0.39 is 0 Å². The van der Waals surface area contributed by atoms with E-state index in [4.69, 9.17) is 0 Å². The van der Waals surface area contributed by atoms with Gasteiger partial charge in [0.25, 0.3) is 0 Å². The van der Waals surface area contributed by atoms with Crippen LogP contribution in [0.5, 0.6) is 0 Å². The summed E-state index contributed by atoms with van der Waals surface area (Å²) in [5.41, 5.74) is 8.49. The van der Waals surface area contributed by atoms with Crippen LogP contribution in [0.25, 0.3) is 0 Å². The molecule has 0 aliphatic heterocycles. The van der Waals surface area contributed by atoms with Gasteiger partial charge < -0.3 is 0 Å². The van der Waals surface area contributed by atoms with Crippen molar-refractivity contribution in [2.45, 2.75) is 27.2 Å². The number of rotatable bonds is 0. The van der Waals surface area contributed by atoms with Crippen LogP contribution in [-0.4, -0.2) is 0 Å². The van der Waals surface area contributed by atoms with Crippen molar-refractivity contribution in [2.24, 2.45) is 0 Å². The fourth-order valence-electron chi connectivity index (χ4n) is 2.76. The molecule has 0 fully saturated rings. The first-order chi connectivity index (χ1) is 8.15. The molecular weight excluding hydrogens is 204 g/mol. The average Bonchev–Trinajstić information content (AvgIpc) is 2.28. The zero-order valence-electron chi connectivity index (χ0n) is 10.7. The van der Waals surface area contributed by atoms with Gasteiger partial charge in [-0.1, -0.05) is 47.6 Å². The molecule has 0 saturated carbocycles. The van der Waals surface area contributed by atoms with Crippen LogP contribution in [0, 0.1) is 5.92 Å². The summed E-state index contributed by atoms with van der Waals surface area (Å²) < 4.78 is 0. The lowest BCUT2D eigenvalue weighted by atomic mass is 9.75. The zero-order chi connectivity index (χ0) is 12.0. The molecule has 85 valence electrons. The van der Waals surface area contributed by atoms with Crippen LogP contribution in [0.1, 0.15) is 27.2 Å². The van der Waals surface area contributed by atoms with E-state index >= 15 is 0 Å². The lowest BCUT2D eigenvalue weighted by Crippen LogP contribution is -2.11. The first-order valence-electron chi connectivity index (χ1n) is 6.18. The highest BCUT2D eigenvalue weighted by molar-refractivity contribution is 5.69. The van der Waals surface area contributed by atoms with Gasteiger partial charge in [-0.15, -0.1) is 0 Å². The quantitative estimate of drug-likeness (QED) is 0.560. The third-order valence-electron chi connectivity index (χ3n) is 3.69. The third-order valence-corrected chi connectivity index (χ3v) is 3.69. The monoisotopic (exact) mass is 221 g/mol. The molecule has 0 N–H and O–H groups in total. The van der Waals surface area contributed by atoms with Gasteiger partial charge >= 0.3 is 0 Å². The fraction of sp³-hybridized carbons (Fsp3) is 0.235. The topological polar surface area (TPSA) is 0 Å². The minimum atomic E-state index is 1.09. The minimum absolute atomic E-state index is 1.09. The van der Waals surface area contributed by atoms with Crippen molar-refractivity contribution in [3.63, 3.8) is 0 Å². The highest BCUT2D eigenvalue weighted by atomic mass is 14.3. The number of hydrogen-bond donors (Lipinski definition) is 0. The lowest BCUT2D eigenvalue weighted by molar-refractivity contribution is 1.04. The van der Waals surface area contributed by atoms with Gasteiger partial charge in [0.15, 0.2) is 0 Å². The van der Waals surface area contributed by atoms with Crippen LogP contribution in [0.4, 0.5) is 0 Å². The molecule has 0 nitrogen and oxygen atoms in total. The molecule has 0 aromatic heterocycles. The second kappa shape index (κ2) is 3.73. The van der Waals surface area contributed by atoms with Crippen LogP contribution in [0.15, 0.2) is 69.9 Å². The fourth-order valence-corrected chi connectivity index (χ4v) is 2.76. The molecule has 0 aromatic rings. The van der Waals surface area contributed by atoms with Crippen molar-refractivity contribution in [1.29, 1.82) is 0 Å². The van der Waals surface area contributed by atoms with Gasteiger partial charge in [0.05, 0.1) is 0 Å². The lowest BCUT2D eigenvalue weighted by Gasteiger charge is -2.29. The summed E-state index contributed by atoms with van der Waals surface area (Å²) in [7, 11) is 0. The van der Waals surface area contributed by atoms with Crippen molar-refractivity contribution in [3.8, 4) is 0 Å². The van der Waals surface area contributed by atoms with Crippen molar-refractivity contribution < 1.29 is 0 Å². The molecule has 3 aliphatic rings. The number of fused-ring (bicyclic) bond motifs is 2. The summed E-state index contributed by atoms with van der Waals surface area (Å²) in [5, 5.41) is 0. The summed E-state index contributed by atoms with van der Waals surface area (Å²) in [6.07, 6.45) is 14.7. The second-order valence-electron chi connectivity index (χ2n) is 5.16. The van der Waals surface area contributed by atoms with E-state index in [1.807, 2.05) is 0 Å². The van der Waals surface area contributed by atoms with E-state index in [1.54, 1.807) is 0 Å². The molecule has 17 heavy (non-hydrogen) atoms. The van der Waals surface area contributed by atoms with Crippen molar-refractivity contribution in [1.82, 2.24) is 0 Å². The van der Waals surface area contributed by atoms with Gasteiger partial charge in [-0.2, -0.15) is 0 Å². The van der Waals surface area contributed by atoms with Crippen LogP contribution in [-0.2, 0) is 0 Å². The molecular formula is C17H17. The normalized spacial score (nSPS) is 23.5. The Hall–Kier alpha value is -1.56. The maximum atomic E-state index is 2.36. The molecule has 0 atom stereocenters. The Balaban J connectivity index is 2.13. The highest BCUT2D eigenvalue weighted by Gasteiger charge is 2.24. The van der Waals surface area contributed by atoms with Crippen molar-refractivity contribution in [3.05, 3.63) is 75.8 Å². The van der Waals surface area contributed by atoms with Gasteiger partial charge in [0.1, 0.15) is 0 Å². The third kappa shape index (κ3) is 1.68. The van der Waals surface area contributed by atoms with Crippen LogP contribution >= 0.6 is 0 Å². The van der Waals surface area contributed by atoms with Gasteiger partial charge in [0, 0.05) is 5.92 Å². The van der Waals surface area contributed by atoms with E-state index in [0.717, 1.165) is 6.42 Å². The van der Waals surface area contributed by atoms with Gasteiger partial charge in [0.2, 0.25) is 0 Å². The molecule has 0 unspecified atom stereocenters. The molecule has 3 rings (SSSR count). The second-order valence-corrected chi connectivity index (χ2v) is 5.16. The average molecular weight is 221 g/mol. The number of hydrogen-bond acceptors (Lipinski definition) is 0. The van der Waals surface area contributed by atoms with E-state index in [9.17, 15) is 0 Å². The summed E-state index contributed by atoms with van der Waals surface area (Å²) >= 11 is 0. The highest BCUT2D eigenvalue weighted by Crippen LogP contribution is 2.41. The smallest absolute Gasteiger partial charge is 0.0493 e. The maximum absolute atomic E-state index is 2.36. The van der Waals surface area contributed by atoms with Crippen molar-refractivity contribution in [2.75, 3.05) is 0 Å². The Labute approximate surface area is 103 Å². The molecule has 0 saturated heterocycles. The minimum Gasteiger partial charge on any atom is -0.0689 e. The van der Waals surface area contributed by atoms with Gasteiger partial charge in [-0.3, -0.25) is 0 Å². The summed E-state index contributed by atoms with van der Waals surface area (Å²) in [6.45, 7) is 6.60. The SMILES string of the molecule is CC1=C[C]2C=C3CC(C)=CC=C3C(C)=C2C=C1. The summed E-state index contributed by atoms with van der Waals surface area (Å²) in [6, 6.07) is 0. The molecule has 1 radical (unpaired) electrons. The molecule has 0 amide bonds. The van der Waals surface area contributed by atoms with Crippen molar-refractivity contribution >= 4 is 0 Å². The zero-order valence-corrected chi connectivity index (χ0v) is 10.7. The van der Waals surface area contributed by atoms with Crippen LogP contribution in [0.2, 0.25) is 0 Å². The molecule has 0 heterocycles. The summed E-state index contributed by atoms with van der Waals surface area (Å²) in [4.78, 5) is 0. The maximum Gasteiger partial charge on any atom is 0.0493 e. The predicted octanol–water partition coefficient (Wildman–Crippen LogP) is 4.61. The molecule has 0 spiro atoms. The van der Waals surface area contributed by atoms with E-state index in [-0.39, 0.29) is 0 Å². The van der Waals surface area contributed by atoms with E-state index in [2.05, 4.69) is 57.2 Å². The molecule has 3 aliphatic carbocycles. The Kier molecular flexibility index (Phi) is 2.32.